The van der Waals surface area contributed by atoms with Crippen LogP contribution < -0.4 is 10.1 Å². The molecule has 3 amide bonds. The van der Waals surface area contributed by atoms with Gasteiger partial charge in [0.05, 0.1) is 6.61 Å². The summed E-state index contributed by atoms with van der Waals surface area (Å²) in [5, 5.41) is 2.83. The van der Waals surface area contributed by atoms with E-state index >= 15 is 0 Å². The predicted molar refractivity (Wildman–Crippen MR) is 81.4 cm³/mol. The Labute approximate surface area is 132 Å². The molecule has 0 aromatic heterocycles. The summed E-state index contributed by atoms with van der Waals surface area (Å²) >= 11 is 1.69. The van der Waals surface area contributed by atoms with Crippen LogP contribution in [0.5, 0.6) is 5.75 Å². The number of imide groups is 1. The number of urea groups is 1. The molecule has 2 aliphatic rings. The Morgan fingerprint density at radius 1 is 1.32 bits per heavy atom. The lowest BCUT2D eigenvalue weighted by Gasteiger charge is -2.19. The molecule has 0 saturated carbocycles. The molecule has 1 aromatic carbocycles. The third kappa shape index (κ3) is 2.90. The number of carbonyl (C=O) groups is 2. The van der Waals surface area contributed by atoms with Crippen molar-refractivity contribution in [2.75, 3.05) is 24.7 Å². The highest BCUT2D eigenvalue weighted by Gasteiger charge is 2.52. The largest absolute Gasteiger partial charge is 0.494 e. The Balaban J connectivity index is 1.48. The van der Waals surface area contributed by atoms with Gasteiger partial charge in [0.1, 0.15) is 17.1 Å². The molecule has 1 aromatic rings. The molecular formula is C15H17FN2O3S. The minimum absolute atomic E-state index is 0.121. The van der Waals surface area contributed by atoms with Gasteiger partial charge in [-0.15, -0.1) is 0 Å². The molecule has 3 rings (SSSR count). The number of carbonyl (C=O) groups excluding carboxylic acids is 2. The topological polar surface area (TPSA) is 58.6 Å². The number of hydrogen-bond acceptors (Lipinski definition) is 4. The molecule has 1 N–H and O–H groups in total. The molecular weight excluding hydrogens is 307 g/mol. The number of benzene rings is 1. The van der Waals surface area contributed by atoms with Gasteiger partial charge >= 0.3 is 6.03 Å². The van der Waals surface area contributed by atoms with Crippen LogP contribution in [0, 0.1) is 5.82 Å². The Kier molecular flexibility index (Phi) is 4.24. The van der Waals surface area contributed by atoms with Gasteiger partial charge in [0, 0.05) is 12.3 Å². The summed E-state index contributed by atoms with van der Waals surface area (Å²) in [5.41, 5.74) is -0.681. The number of thioether (sulfide) groups is 1. The maximum Gasteiger partial charge on any atom is 0.325 e. The van der Waals surface area contributed by atoms with Crippen LogP contribution in [0.2, 0.25) is 0 Å². The van der Waals surface area contributed by atoms with E-state index in [-0.39, 0.29) is 17.8 Å². The van der Waals surface area contributed by atoms with E-state index in [1.165, 1.54) is 17.0 Å². The summed E-state index contributed by atoms with van der Waals surface area (Å²) < 4.78 is 18.2. The van der Waals surface area contributed by atoms with Gasteiger partial charge in [-0.1, -0.05) is 0 Å². The van der Waals surface area contributed by atoms with Crippen molar-refractivity contribution < 1.29 is 18.7 Å². The summed E-state index contributed by atoms with van der Waals surface area (Å²) in [4.78, 5) is 25.6. The maximum absolute atomic E-state index is 12.8. The van der Waals surface area contributed by atoms with Gasteiger partial charge in [0.25, 0.3) is 5.91 Å². The van der Waals surface area contributed by atoms with Crippen molar-refractivity contribution in [3.8, 4) is 5.75 Å². The second-order valence-electron chi connectivity index (χ2n) is 5.43. The first-order chi connectivity index (χ1) is 10.6. The molecule has 1 unspecified atom stereocenters. The number of nitrogens with one attached hydrogen (secondary N) is 1. The molecule has 2 fully saturated rings. The SMILES string of the molecule is O=C1NC2(CCSC2)C(=O)N1CCCOc1ccc(F)cc1. The van der Waals surface area contributed by atoms with Crippen LogP contribution in [-0.2, 0) is 4.79 Å². The third-order valence-electron chi connectivity index (χ3n) is 3.88. The highest BCUT2D eigenvalue weighted by molar-refractivity contribution is 7.99. The molecule has 2 saturated heterocycles. The summed E-state index contributed by atoms with van der Waals surface area (Å²) in [5.74, 6) is 1.69. The fourth-order valence-corrected chi connectivity index (χ4v) is 3.98. The summed E-state index contributed by atoms with van der Waals surface area (Å²) in [6, 6.07) is 5.44. The summed E-state index contributed by atoms with van der Waals surface area (Å²) in [7, 11) is 0. The second kappa shape index (κ2) is 6.16. The van der Waals surface area contributed by atoms with Crippen LogP contribution >= 0.6 is 11.8 Å². The molecule has 5 nitrogen and oxygen atoms in total. The van der Waals surface area contributed by atoms with Crippen molar-refractivity contribution in [3.05, 3.63) is 30.1 Å². The van der Waals surface area contributed by atoms with E-state index in [1.54, 1.807) is 23.9 Å². The van der Waals surface area contributed by atoms with E-state index in [4.69, 9.17) is 4.74 Å². The zero-order chi connectivity index (χ0) is 15.6. The van der Waals surface area contributed by atoms with Gasteiger partial charge < -0.3 is 10.1 Å². The average molecular weight is 324 g/mol. The lowest BCUT2D eigenvalue weighted by molar-refractivity contribution is -0.130. The standard InChI is InChI=1S/C15H17FN2O3S/c16-11-2-4-12(5-3-11)21-8-1-7-18-13(19)15(17-14(18)20)6-9-22-10-15/h2-5H,1,6-10H2,(H,17,20). The molecule has 22 heavy (non-hydrogen) atoms. The lowest BCUT2D eigenvalue weighted by Crippen LogP contribution is -2.47. The van der Waals surface area contributed by atoms with Crippen LogP contribution in [0.1, 0.15) is 12.8 Å². The zero-order valence-corrected chi connectivity index (χ0v) is 12.8. The van der Waals surface area contributed by atoms with Gasteiger partial charge in [0.15, 0.2) is 0 Å². The first-order valence-electron chi connectivity index (χ1n) is 7.21. The van der Waals surface area contributed by atoms with Gasteiger partial charge in [-0.3, -0.25) is 9.69 Å². The van der Waals surface area contributed by atoms with Gasteiger partial charge in [-0.05, 0) is 42.9 Å². The number of rotatable bonds is 5. The minimum atomic E-state index is -0.681. The second-order valence-corrected chi connectivity index (χ2v) is 6.53. The van der Waals surface area contributed by atoms with Crippen LogP contribution in [0.4, 0.5) is 9.18 Å². The number of hydrogen-bond donors (Lipinski definition) is 1. The van der Waals surface area contributed by atoms with E-state index in [2.05, 4.69) is 5.32 Å². The molecule has 118 valence electrons. The molecule has 0 aliphatic carbocycles. The van der Waals surface area contributed by atoms with Crippen LogP contribution in [0.15, 0.2) is 24.3 Å². The van der Waals surface area contributed by atoms with Crippen LogP contribution in [0.25, 0.3) is 0 Å². The number of ether oxygens (including phenoxy) is 1. The van der Waals surface area contributed by atoms with Crippen molar-refractivity contribution in [1.82, 2.24) is 10.2 Å². The molecule has 7 heteroatoms. The molecule has 2 aliphatic heterocycles. The van der Waals surface area contributed by atoms with Crippen molar-refractivity contribution in [2.24, 2.45) is 0 Å². The number of halogens is 1. The van der Waals surface area contributed by atoms with E-state index < -0.39 is 5.54 Å². The van der Waals surface area contributed by atoms with Gasteiger partial charge in [0.2, 0.25) is 0 Å². The van der Waals surface area contributed by atoms with E-state index in [9.17, 15) is 14.0 Å². The van der Waals surface area contributed by atoms with Crippen molar-refractivity contribution >= 4 is 23.7 Å². The third-order valence-corrected chi connectivity index (χ3v) is 5.07. The normalized spacial score (nSPS) is 24.1. The molecule has 1 atom stereocenters. The molecule has 0 radical (unpaired) electrons. The summed E-state index contributed by atoms with van der Waals surface area (Å²) in [6.07, 6.45) is 1.24. The average Bonchev–Trinajstić information content (AvgIpc) is 3.06. The van der Waals surface area contributed by atoms with Crippen molar-refractivity contribution in [2.45, 2.75) is 18.4 Å². The predicted octanol–water partition coefficient (Wildman–Crippen LogP) is 2.02. The van der Waals surface area contributed by atoms with Crippen LogP contribution in [-0.4, -0.2) is 47.0 Å². The molecule has 1 spiro atoms. The molecule has 0 bridgehead atoms. The Bertz CT molecular complexity index is 573. The molecule has 2 heterocycles. The summed E-state index contributed by atoms with van der Waals surface area (Å²) in [6.45, 7) is 0.697. The van der Waals surface area contributed by atoms with E-state index in [0.717, 1.165) is 5.75 Å². The Morgan fingerprint density at radius 2 is 2.09 bits per heavy atom. The van der Waals surface area contributed by atoms with Crippen LogP contribution in [0.3, 0.4) is 0 Å². The van der Waals surface area contributed by atoms with E-state index in [1.807, 2.05) is 0 Å². The first kappa shape index (κ1) is 15.1. The fraction of sp³-hybridized carbons (Fsp3) is 0.467. The maximum atomic E-state index is 12.8. The van der Waals surface area contributed by atoms with Crippen molar-refractivity contribution in [1.29, 1.82) is 0 Å². The lowest BCUT2D eigenvalue weighted by atomic mass is 9.99. The Morgan fingerprint density at radius 3 is 2.77 bits per heavy atom. The highest BCUT2D eigenvalue weighted by Crippen LogP contribution is 2.33. The number of nitrogens with zero attached hydrogens (tertiary/aromatic N) is 1. The fourth-order valence-electron chi connectivity index (χ4n) is 2.66. The van der Waals surface area contributed by atoms with Crippen molar-refractivity contribution in [3.63, 3.8) is 0 Å². The quantitative estimate of drug-likeness (QED) is 0.665. The minimum Gasteiger partial charge on any atom is -0.494 e. The smallest absolute Gasteiger partial charge is 0.325 e. The zero-order valence-electron chi connectivity index (χ0n) is 12.0. The monoisotopic (exact) mass is 324 g/mol. The first-order valence-corrected chi connectivity index (χ1v) is 8.36. The van der Waals surface area contributed by atoms with E-state index in [0.29, 0.717) is 37.5 Å². The Hall–Kier alpha value is -1.76. The van der Waals surface area contributed by atoms with Gasteiger partial charge in [-0.2, -0.15) is 11.8 Å². The van der Waals surface area contributed by atoms with Gasteiger partial charge in [-0.25, -0.2) is 9.18 Å². The highest BCUT2D eigenvalue weighted by atomic mass is 32.2. The number of amides is 3.